The van der Waals surface area contributed by atoms with Gasteiger partial charge in [0.15, 0.2) is 11.5 Å². The van der Waals surface area contributed by atoms with Crippen LogP contribution >= 0.6 is 0 Å². The molecule has 0 aromatic heterocycles. The predicted octanol–water partition coefficient (Wildman–Crippen LogP) is 1.16. The number of nitrogens with one attached hydrogen (secondary N) is 1. The van der Waals surface area contributed by atoms with Crippen LogP contribution in [0.15, 0.2) is 41.3 Å². The molecule has 92 valence electrons. The number of hydrogen-bond acceptors (Lipinski definition) is 6. The molecule has 0 radical (unpaired) electrons. The Bertz CT molecular complexity index is 565. The fraction of sp³-hybridized carbons (Fsp3) is 0.167. The van der Waals surface area contributed by atoms with Crippen LogP contribution in [0.4, 0.5) is 5.69 Å². The molecule has 2 aliphatic heterocycles. The summed E-state index contributed by atoms with van der Waals surface area (Å²) in [5.74, 6) is 0.232. The lowest BCUT2D eigenvalue weighted by molar-refractivity contribution is -0.134. The number of nitrogens with zero attached hydrogens (tertiary/aromatic N) is 2. The highest BCUT2D eigenvalue weighted by molar-refractivity contribution is 6.44. The summed E-state index contributed by atoms with van der Waals surface area (Å²) in [5.41, 5.74) is 4.34. The molecule has 0 aliphatic carbocycles. The summed E-state index contributed by atoms with van der Waals surface area (Å²) >= 11 is 0. The van der Waals surface area contributed by atoms with Gasteiger partial charge in [-0.15, -0.1) is 5.10 Å². The molecule has 18 heavy (non-hydrogen) atoms. The highest BCUT2D eigenvalue weighted by Crippen LogP contribution is 2.35. The zero-order chi connectivity index (χ0) is 12.5. The first-order chi connectivity index (χ1) is 8.81. The van der Waals surface area contributed by atoms with Crippen LogP contribution in [0.1, 0.15) is 6.92 Å². The zero-order valence-corrected chi connectivity index (χ0v) is 9.71. The van der Waals surface area contributed by atoms with Gasteiger partial charge >= 0.3 is 5.97 Å². The fourth-order valence-corrected chi connectivity index (χ4v) is 1.82. The van der Waals surface area contributed by atoms with Crippen LogP contribution < -0.4 is 15.3 Å². The van der Waals surface area contributed by atoms with Crippen LogP contribution in [0, 0.1) is 0 Å². The standard InChI is InChI=1S/C12H11N3O3/c1-2-17-12(16)11-9-7-18-10-6-4-3-5-8(10)15(9)14-13-11/h3-7,14H,2H2,1H3. The van der Waals surface area contributed by atoms with Crippen molar-refractivity contribution in [2.24, 2.45) is 5.10 Å². The molecule has 1 N–H and O–H groups in total. The first-order valence-corrected chi connectivity index (χ1v) is 5.58. The number of anilines is 1. The molecule has 0 saturated heterocycles. The maximum Gasteiger partial charge on any atom is 0.361 e. The van der Waals surface area contributed by atoms with E-state index in [-0.39, 0.29) is 5.71 Å². The molecule has 2 aliphatic rings. The van der Waals surface area contributed by atoms with E-state index in [2.05, 4.69) is 10.6 Å². The SMILES string of the molecule is CCOC(=O)C1=NNN2C1=COc1ccccc12. The molecule has 0 fully saturated rings. The maximum absolute atomic E-state index is 11.7. The van der Waals surface area contributed by atoms with Gasteiger partial charge in [0.1, 0.15) is 17.6 Å². The van der Waals surface area contributed by atoms with Crippen molar-refractivity contribution in [1.29, 1.82) is 0 Å². The van der Waals surface area contributed by atoms with Crippen molar-refractivity contribution in [2.75, 3.05) is 11.6 Å². The highest BCUT2D eigenvalue weighted by atomic mass is 16.5. The quantitative estimate of drug-likeness (QED) is 0.792. The third-order valence-electron chi connectivity index (χ3n) is 2.62. The van der Waals surface area contributed by atoms with E-state index < -0.39 is 5.97 Å². The third kappa shape index (κ3) is 1.50. The maximum atomic E-state index is 11.7. The van der Waals surface area contributed by atoms with E-state index in [1.165, 1.54) is 6.26 Å². The Morgan fingerprint density at radius 3 is 3.17 bits per heavy atom. The van der Waals surface area contributed by atoms with E-state index in [0.717, 1.165) is 5.69 Å². The average molecular weight is 245 g/mol. The Labute approximate surface area is 103 Å². The second-order valence-electron chi connectivity index (χ2n) is 3.70. The number of rotatable bonds is 2. The molecule has 6 heteroatoms. The van der Waals surface area contributed by atoms with Crippen LogP contribution in [-0.2, 0) is 9.53 Å². The van der Waals surface area contributed by atoms with E-state index in [9.17, 15) is 4.79 Å². The van der Waals surface area contributed by atoms with Crippen LogP contribution in [0.2, 0.25) is 0 Å². The molecule has 1 aromatic rings. The number of ether oxygens (including phenoxy) is 2. The monoisotopic (exact) mass is 245 g/mol. The summed E-state index contributed by atoms with van der Waals surface area (Å²) in [6.07, 6.45) is 1.48. The largest absolute Gasteiger partial charge is 0.461 e. The van der Waals surface area contributed by atoms with Gasteiger partial charge in [-0.05, 0) is 19.1 Å². The zero-order valence-electron chi connectivity index (χ0n) is 9.71. The van der Waals surface area contributed by atoms with E-state index in [1.54, 1.807) is 11.9 Å². The van der Waals surface area contributed by atoms with Gasteiger partial charge in [-0.2, -0.15) is 0 Å². The van der Waals surface area contributed by atoms with Crippen molar-refractivity contribution in [3.8, 4) is 5.75 Å². The molecule has 0 atom stereocenters. The van der Waals surface area contributed by atoms with Crippen molar-refractivity contribution >= 4 is 17.4 Å². The highest BCUT2D eigenvalue weighted by Gasteiger charge is 2.34. The van der Waals surface area contributed by atoms with E-state index in [0.29, 0.717) is 18.1 Å². The minimum Gasteiger partial charge on any atom is -0.461 e. The average Bonchev–Trinajstić information content (AvgIpc) is 2.83. The van der Waals surface area contributed by atoms with E-state index in [1.807, 2.05) is 24.3 Å². The number of hydrazone groups is 1. The van der Waals surface area contributed by atoms with Crippen molar-refractivity contribution < 1.29 is 14.3 Å². The minimum absolute atomic E-state index is 0.214. The van der Waals surface area contributed by atoms with Crippen LogP contribution in [-0.4, -0.2) is 18.3 Å². The lowest BCUT2D eigenvalue weighted by atomic mass is 10.2. The molecule has 6 nitrogen and oxygen atoms in total. The third-order valence-corrected chi connectivity index (χ3v) is 2.62. The van der Waals surface area contributed by atoms with Gasteiger partial charge in [0.2, 0.25) is 0 Å². The Morgan fingerprint density at radius 2 is 2.33 bits per heavy atom. The summed E-state index contributed by atoms with van der Waals surface area (Å²) < 4.78 is 10.4. The van der Waals surface area contributed by atoms with E-state index >= 15 is 0 Å². The Morgan fingerprint density at radius 1 is 1.50 bits per heavy atom. The first-order valence-electron chi connectivity index (χ1n) is 5.58. The van der Waals surface area contributed by atoms with Crippen LogP contribution in [0.5, 0.6) is 5.75 Å². The number of carbonyl (C=O) groups is 1. The lowest BCUT2D eigenvalue weighted by Crippen LogP contribution is -2.33. The number of fused-ring (bicyclic) bond motifs is 3. The number of carbonyl (C=O) groups excluding carboxylic acids is 1. The van der Waals surface area contributed by atoms with Crippen molar-refractivity contribution in [3.63, 3.8) is 0 Å². The molecule has 0 amide bonds. The molecule has 3 rings (SSSR count). The molecule has 0 spiro atoms. The smallest absolute Gasteiger partial charge is 0.361 e. The summed E-state index contributed by atoms with van der Waals surface area (Å²) in [6.45, 7) is 2.06. The number of hydrazine groups is 1. The predicted molar refractivity (Wildman–Crippen MR) is 64.8 cm³/mol. The Kier molecular flexibility index (Phi) is 2.40. The van der Waals surface area contributed by atoms with Gasteiger partial charge in [-0.3, -0.25) is 0 Å². The van der Waals surface area contributed by atoms with Crippen LogP contribution in [0.3, 0.4) is 0 Å². The summed E-state index contributed by atoms with van der Waals surface area (Å²) in [7, 11) is 0. The number of esters is 1. The summed E-state index contributed by atoms with van der Waals surface area (Å²) in [4.78, 5) is 11.7. The van der Waals surface area contributed by atoms with Gasteiger partial charge < -0.3 is 9.47 Å². The van der Waals surface area contributed by atoms with Crippen molar-refractivity contribution in [1.82, 2.24) is 5.53 Å². The van der Waals surface area contributed by atoms with Gasteiger partial charge in [-0.1, -0.05) is 12.1 Å². The first kappa shape index (κ1) is 10.6. The van der Waals surface area contributed by atoms with Crippen LogP contribution in [0.25, 0.3) is 0 Å². The van der Waals surface area contributed by atoms with Gasteiger partial charge in [0, 0.05) is 0 Å². The molecule has 1 aromatic carbocycles. The number of benzene rings is 1. The fourth-order valence-electron chi connectivity index (χ4n) is 1.82. The molecule has 0 bridgehead atoms. The molecule has 0 unspecified atom stereocenters. The molecular weight excluding hydrogens is 234 g/mol. The topological polar surface area (TPSA) is 63.2 Å². The molecule has 2 heterocycles. The Hall–Kier alpha value is -2.50. The summed E-state index contributed by atoms with van der Waals surface area (Å²) in [5, 5.41) is 5.65. The lowest BCUT2D eigenvalue weighted by Gasteiger charge is -2.25. The van der Waals surface area contributed by atoms with Crippen molar-refractivity contribution in [2.45, 2.75) is 6.92 Å². The Balaban J connectivity index is 1.92. The second-order valence-corrected chi connectivity index (χ2v) is 3.70. The van der Waals surface area contributed by atoms with Crippen molar-refractivity contribution in [3.05, 3.63) is 36.2 Å². The van der Waals surface area contributed by atoms with Gasteiger partial charge in [0.25, 0.3) is 0 Å². The minimum atomic E-state index is -0.471. The van der Waals surface area contributed by atoms with Gasteiger partial charge in [-0.25, -0.2) is 15.3 Å². The number of para-hydroxylation sites is 2. The summed E-state index contributed by atoms with van der Waals surface area (Å²) in [6, 6.07) is 7.47. The normalized spacial score (nSPS) is 15.7. The molecule has 0 saturated carbocycles. The number of hydrogen-bond donors (Lipinski definition) is 1. The van der Waals surface area contributed by atoms with Gasteiger partial charge in [0.05, 0.1) is 6.61 Å². The molecular formula is C12H11N3O3. The second kappa shape index (κ2) is 4.06. The van der Waals surface area contributed by atoms with E-state index in [4.69, 9.17) is 9.47 Å².